The largest absolute Gasteiger partial charge is 0.247 e. The molecule has 0 unspecified atom stereocenters. The van der Waals surface area contributed by atoms with Gasteiger partial charge in [0.1, 0.15) is 0 Å². The molecule has 0 saturated carbocycles. The lowest BCUT2D eigenvalue weighted by Crippen LogP contribution is -1.97. The highest BCUT2D eigenvalue weighted by Crippen LogP contribution is 2.40. The summed E-state index contributed by atoms with van der Waals surface area (Å²) in [6.07, 6.45) is 0. The van der Waals surface area contributed by atoms with Crippen LogP contribution in [0.2, 0.25) is 0 Å². The van der Waals surface area contributed by atoms with Crippen LogP contribution in [0.5, 0.6) is 0 Å². The predicted octanol–water partition coefficient (Wildman–Crippen LogP) is 12.2. The van der Waals surface area contributed by atoms with Crippen LogP contribution < -0.4 is 0 Å². The molecule has 0 radical (unpaired) electrons. The van der Waals surface area contributed by atoms with Crippen LogP contribution in [0.15, 0.2) is 188 Å². The van der Waals surface area contributed by atoms with E-state index < -0.39 is 0 Å². The second-order valence-corrected chi connectivity index (χ2v) is 12.4. The van der Waals surface area contributed by atoms with Crippen molar-refractivity contribution in [3.05, 3.63) is 188 Å². The van der Waals surface area contributed by atoms with E-state index in [9.17, 15) is 0 Å². The number of pyridine rings is 1. The first-order valence-corrected chi connectivity index (χ1v) is 16.9. The van der Waals surface area contributed by atoms with E-state index in [2.05, 4.69) is 158 Å². The third kappa shape index (κ3) is 5.51. The molecule has 0 fully saturated rings. The topological polar surface area (TPSA) is 38.7 Å². The van der Waals surface area contributed by atoms with Gasteiger partial charge < -0.3 is 0 Å². The minimum atomic E-state index is 0.682. The first-order valence-electron chi connectivity index (χ1n) is 16.9. The van der Waals surface area contributed by atoms with Gasteiger partial charge in [0.25, 0.3) is 0 Å². The second kappa shape index (κ2) is 12.7. The van der Waals surface area contributed by atoms with E-state index >= 15 is 0 Å². The van der Waals surface area contributed by atoms with E-state index in [4.69, 9.17) is 15.0 Å². The smallest absolute Gasteiger partial charge is 0.160 e. The number of rotatable bonds is 6. The Kier molecular flexibility index (Phi) is 7.49. The van der Waals surface area contributed by atoms with E-state index in [-0.39, 0.29) is 0 Å². The normalized spacial score (nSPS) is 11.2. The molecule has 0 aliphatic carbocycles. The van der Waals surface area contributed by atoms with Crippen molar-refractivity contribution in [3.63, 3.8) is 0 Å². The van der Waals surface area contributed by atoms with Gasteiger partial charge in [0, 0.05) is 38.4 Å². The highest BCUT2D eigenvalue weighted by molar-refractivity contribution is 6.17. The Morgan fingerprint density at radius 3 is 1.56 bits per heavy atom. The molecular weight excluding hydrogens is 607 g/mol. The quantitative estimate of drug-likeness (QED) is 0.170. The van der Waals surface area contributed by atoms with E-state index in [1.807, 2.05) is 30.3 Å². The number of fused-ring (bicyclic) bond motifs is 3. The summed E-state index contributed by atoms with van der Waals surface area (Å²) in [5.41, 5.74) is 12.3. The van der Waals surface area contributed by atoms with Crippen LogP contribution in [-0.4, -0.2) is 15.0 Å². The Labute approximate surface area is 291 Å². The Bertz CT molecular complexity index is 2620. The molecule has 2 aromatic heterocycles. The SMILES string of the molecule is c1ccc(-c2cccc(-c3nc(-c4ccccc4)cc(-c4ccc5c(c4)nc(-c4ccccc4)c4cccc(-c6ccccc6)c45)n3)c2)cc1. The van der Waals surface area contributed by atoms with Crippen LogP contribution >= 0.6 is 0 Å². The minimum Gasteiger partial charge on any atom is -0.247 e. The van der Waals surface area contributed by atoms with E-state index in [0.29, 0.717) is 5.82 Å². The minimum absolute atomic E-state index is 0.682. The molecule has 9 rings (SSSR count). The lowest BCUT2D eigenvalue weighted by molar-refractivity contribution is 1.18. The lowest BCUT2D eigenvalue weighted by atomic mass is 9.92. The maximum Gasteiger partial charge on any atom is 0.160 e. The molecule has 0 bridgehead atoms. The van der Waals surface area contributed by atoms with Crippen molar-refractivity contribution < 1.29 is 0 Å². The van der Waals surface area contributed by atoms with Crippen LogP contribution in [0.4, 0.5) is 0 Å². The molecular formula is C47H31N3. The summed E-state index contributed by atoms with van der Waals surface area (Å²) in [6.45, 7) is 0. The molecule has 0 atom stereocenters. The maximum atomic E-state index is 5.36. The third-order valence-corrected chi connectivity index (χ3v) is 9.27. The summed E-state index contributed by atoms with van der Waals surface area (Å²) in [5, 5.41) is 3.43. The molecule has 0 amide bonds. The van der Waals surface area contributed by atoms with Gasteiger partial charge in [0.2, 0.25) is 0 Å². The standard InChI is InChI=1S/C47H31N3/c1-5-15-32(16-6-1)36-23-13-24-38(29-36)47-49-42(34-19-9-3-10-20-34)31-43(50-47)37-27-28-40-44(30-37)48-46(35-21-11-4-12-22-35)41-26-14-25-39(45(40)41)33-17-7-2-8-18-33/h1-31H. The first-order chi connectivity index (χ1) is 24.8. The van der Waals surface area contributed by atoms with Gasteiger partial charge in [-0.3, -0.25) is 0 Å². The Morgan fingerprint density at radius 2 is 0.860 bits per heavy atom. The zero-order chi connectivity index (χ0) is 33.3. The van der Waals surface area contributed by atoms with Gasteiger partial charge in [-0.15, -0.1) is 0 Å². The Morgan fingerprint density at radius 1 is 0.300 bits per heavy atom. The van der Waals surface area contributed by atoms with Gasteiger partial charge in [-0.05, 0) is 40.5 Å². The maximum absolute atomic E-state index is 5.36. The number of nitrogens with zero attached hydrogens (tertiary/aromatic N) is 3. The van der Waals surface area contributed by atoms with Crippen molar-refractivity contribution in [3.8, 4) is 67.4 Å². The summed E-state index contributed by atoms with van der Waals surface area (Å²) < 4.78 is 0. The van der Waals surface area contributed by atoms with Gasteiger partial charge in [0.05, 0.1) is 22.6 Å². The second-order valence-electron chi connectivity index (χ2n) is 12.4. The highest BCUT2D eigenvalue weighted by Gasteiger charge is 2.17. The molecule has 50 heavy (non-hydrogen) atoms. The average Bonchev–Trinajstić information content (AvgIpc) is 3.21. The molecule has 0 aliphatic heterocycles. The summed E-state index contributed by atoms with van der Waals surface area (Å²) in [7, 11) is 0. The summed E-state index contributed by atoms with van der Waals surface area (Å²) in [5.74, 6) is 0.682. The van der Waals surface area contributed by atoms with E-state index in [1.54, 1.807) is 0 Å². The summed E-state index contributed by atoms with van der Waals surface area (Å²) in [6, 6.07) is 65.5. The van der Waals surface area contributed by atoms with Crippen molar-refractivity contribution in [1.29, 1.82) is 0 Å². The van der Waals surface area contributed by atoms with Crippen LogP contribution in [0, 0.1) is 0 Å². The number of hydrogen-bond donors (Lipinski definition) is 0. The number of benzene rings is 7. The van der Waals surface area contributed by atoms with Crippen molar-refractivity contribution in [2.24, 2.45) is 0 Å². The average molecular weight is 638 g/mol. The molecule has 0 saturated heterocycles. The highest BCUT2D eigenvalue weighted by atomic mass is 14.9. The van der Waals surface area contributed by atoms with Gasteiger partial charge in [0.15, 0.2) is 5.82 Å². The molecule has 9 aromatic rings. The van der Waals surface area contributed by atoms with Gasteiger partial charge in [-0.25, -0.2) is 15.0 Å². The van der Waals surface area contributed by atoms with Crippen LogP contribution in [0.3, 0.4) is 0 Å². The van der Waals surface area contributed by atoms with Crippen molar-refractivity contribution in [2.75, 3.05) is 0 Å². The van der Waals surface area contributed by atoms with E-state index in [0.717, 1.165) is 66.8 Å². The molecule has 7 aromatic carbocycles. The number of aromatic nitrogens is 3. The van der Waals surface area contributed by atoms with Crippen molar-refractivity contribution in [1.82, 2.24) is 15.0 Å². The third-order valence-electron chi connectivity index (χ3n) is 9.27. The van der Waals surface area contributed by atoms with Crippen molar-refractivity contribution >= 4 is 21.7 Å². The molecule has 234 valence electrons. The molecule has 2 heterocycles. The lowest BCUT2D eigenvalue weighted by Gasteiger charge is -2.15. The zero-order valence-electron chi connectivity index (χ0n) is 27.2. The van der Waals surface area contributed by atoms with E-state index in [1.165, 1.54) is 16.5 Å². The van der Waals surface area contributed by atoms with Crippen LogP contribution in [0.25, 0.3) is 89.1 Å². The monoisotopic (exact) mass is 637 g/mol. The summed E-state index contributed by atoms with van der Waals surface area (Å²) in [4.78, 5) is 15.7. The molecule has 0 aliphatic rings. The van der Waals surface area contributed by atoms with Gasteiger partial charge >= 0.3 is 0 Å². The fourth-order valence-corrected chi connectivity index (χ4v) is 6.84. The molecule has 0 spiro atoms. The fourth-order valence-electron chi connectivity index (χ4n) is 6.84. The molecule has 0 N–H and O–H groups in total. The Balaban J connectivity index is 1.27. The molecule has 3 nitrogen and oxygen atoms in total. The van der Waals surface area contributed by atoms with Gasteiger partial charge in [-0.2, -0.15) is 0 Å². The van der Waals surface area contributed by atoms with Crippen LogP contribution in [0.1, 0.15) is 0 Å². The Hall–Kier alpha value is -6.71. The fraction of sp³-hybridized carbons (Fsp3) is 0. The molecule has 3 heteroatoms. The number of hydrogen-bond acceptors (Lipinski definition) is 3. The first kappa shape index (κ1) is 29.4. The zero-order valence-corrected chi connectivity index (χ0v) is 27.2. The van der Waals surface area contributed by atoms with Crippen LogP contribution in [-0.2, 0) is 0 Å². The van der Waals surface area contributed by atoms with Gasteiger partial charge in [-0.1, -0.05) is 170 Å². The summed E-state index contributed by atoms with van der Waals surface area (Å²) >= 11 is 0. The van der Waals surface area contributed by atoms with Crippen molar-refractivity contribution in [2.45, 2.75) is 0 Å². The predicted molar refractivity (Wildman–Crippen MR) is 207 cm³/mol.